The van der Waals surface area contributed by atoms with Crippen molar-refractivity contribution in [1.29, 1.82) is 0 Å². The molecule has 0 amide bonds. The normalized spacial score (nSPS) is 19.0. The highest BCUT2D eigenvalue weighted by Gasteiger charge is 2.55. The van der Waals surface area contributed by atoms with Crippen molar-refractivity contribution in [3.63, 3.8) is 0 Å². The molecule has 0 saturated carbocycles. The SMILES string of the molecule is O=C(O[C@@H]1O[C@@H]2COC(=O)c3cc(O)c(O)c(O)c3-c3c(cc(O)c(O)c3O)C(=O)O[C@H]([C@H]1OC(=O)c1cc(O)c(O)c(O)c1)[C@@H]2OC(=O)c1cc(O)c(O)c(O)c1)c1cc(O)c(O)c(O)c1. The fraction of sp³-hybridized carbons (Fsp3) is 0.146. The molecule has 0 spiro atoms. The zero-order chi connectivity index (χ0) is 49.1. The third-order valence-electron chi connectivity index (χ3n) is 10.0. The first-order valence-electron chi connectivity index (χ1n) is 18.5. The van der Waals surface area contributed by atoms with E-state index in [-0.39, 0.29) is 0 Å². The van der Waals surface area contributed by atoms with E-state index >= 15 is 0 Å². The van der Waals surface area contributed by atoms with Crippen LogP contribution in [0.4, 0.5) is 0 Å². The van der Waals surface area contributed by atoms with E-state index in [1.807, 2.05) is 0 Å². The zero-order valence-corrected chi connectivity index (χ0v) is 32.9. The lowest BCUT2D eigenvalue weighted by Gasteiger charge is -2.44. The van der Waals surface area contributed by atoms with Crippen molar-refractivity contribution in [2.75, 3.05) is 6.61 Å². The number of aromatic hydroxyl groups is 15. The van der Waals surface area contributed by atoms with Gasteiger partial charge in [-0.3, -0.25) is 0 Å². The van der Waals surface area contributed by atoms with Crippen LogP contribution in [-0.4, -0.2) is 144 Å². The van der Waals surface area contributed by atoms with Crippen LogP contribution >= 0.6 is 0 Å². The topological polar surface area (TPSA) is 444 Å². The smallest absolute Gasteiger partial charge is 0.340 e. The van der Waals surface area contributed by atoms with Crippen molar-refractivity contribution in [3.8, 4) is 97.4 Å². The molecule has 7 rings (SSSR count). The minimum atomic E-state index is -2.57. The second kappa shape index (κ2) is 16.8. The Hall–Kier alpha value is -9.59. The van der Waals surface area contributed by atoms with Gasteiger partial charge in [-0.25, -0.2) is 24.0 Å². The van der Waals surface area contributed by atoms with Crippen molar-refractivity contribution < 1.29 is 129 Å². The van der Waals surface area contributed by atoms with Gasteiger partial charge in [-0.15, -0.1) is 0 Å². The van der Waals surface area contributed by atoms with Gasteiger partial charge in [0, 0.05) is 11.1 Å². The van der Waals surface area contributed by atoms with Crippen molar-refractivity contribution in [2.45, 2.75) is 30.7 Å². The van der Waals surface area contributed by atoms with Crippen LogP contribution in [0.15, 0.2) is 48.5 Å². The Morgan fingerprint density at radius 2 is 0.776 bits per heavy atom. The predicted molar refractivity (Wildman–Crippen MR) is 208 cm³/mol. The second-order valence-corrected chi connectivity index (χ2v) is 14.3. The van der Waals surface area contributed by atoms with Crippen LogP contribution < -0.4 is 0 Å². The molecule has 26 nitrogen and oxygen atoms in total. The van der Waals surface area contributed by atoms with E-state index in [0.29, 0.717) is 48.5 Å². The molecule has 15 N–H and O–H groups in total. The van der Waals surface area contributed by atoms with Crippen molar-refractivity contribution in [1.82, 2.24) is 0 Å². The van der Waals surface area contributed by atoms with Crippen molar-refractivity contribution in [3.05, 3.63) is 76.3 Å². The zero-order valence-electron chi connectivity index (χ0n) is 32.9. The largest absolute Gasteiger partial charge is 0.504 e. The number of esters is 5. The Morgan fingerprint density at radius 3 is 1.18 bits per heavy atom. The van der Waals surface area contributed by atoms with Crippen molar-refractivity contribution >= 4 is 29.8 Å². The van der Waals surface area contributed by atoms with E-state index in [9.17, 15) is 101 Å². The molecule has 2 aliphatic heterocycles. The fourth-order valence-electron chi connectivity index (χ4n) is 6.77. The van der Waals surface area contributed by atoms with Gasteiger partial charge in [0.25, 0.3) is 0 Å². The number of rotatable bonds is 6. The Labute approximate surface area is 369 Å². The molecule has 1 fully saturated rings. The summed E-state index contributed by atoms with van der Waals surface area (Å²) in [5, 5.41) is 155. The van der Waals surface area contributed by atoms with E-state index in [1.165, 1.54) is 0 Å². The van der Waals surface area contributed by atoms with Gasteiger partial charge in [0.05, 0.1) is 27.8 Å². The van der Waals surface area contributed by atoms with Crippen LogP contribution in [0.25, 0.3) is 11.1 Å². The van der Waals surface area contributed by atoms with Crippen LogP contribution in [0.1, 0.15) is 51.8 Å². The van der Waals surface area contributed by atoms with Crippen LogP contribution in [-0.2, 0) is 28.4 Å². The summed E-state index contributed by atoms with van der Waals surface area (Å²) in [5.41, 5.74) is -6.78. The molecule has 2 bridgehead atoms. The summed E-state index contributed by atoms with van der Waals surface area (Å²) >= 11 is 0. The lowest BCUT2D eigenvalue weighted by atomic mass is 9.91. The number of phenols is 15. The molecule has 1 saturated heterocycles. The average Bonchev–Trinajstić information content (AvgIpc) is 3.27. The summed E-state index contributed by atoms with van der Waals surface area (Å²) in [6.45, 7) is -1.28. The summed E-state index contributed by atoms with van der Waals surface area (Å²) in [4.78, 5) is 69.9. The predicted octanol–water partition coefficient (Wildman–Crippen LogP) is 1.67. The van der Waals surface area contributed by atoms with Crippen molar-refractivity contribution in [2.24, 2.45) is 0 Å². The molecule has 2 heterocycles. The quantitative estimate of drug-likeness (QED) is 0.0654. The molecule has 350 valence electrons. The fourth-order valence-corrected chi connectivity index (χ4v) is 6.77. The first kappa shape index (κ1) is 45.4. The summed E-state index contributed by atoms with van der Waals surface area (Å²) < 4.78 is 33.5. The third kappa shape index (κ3) is 8.12. The highest BCUT2D eigenvalue weighted by Crippen LogP contribution is 2.53. The molecule has 0 aliphatic carbocycles. The molecule has 5 aromatic rings. The number of carbonyl (C=O) groups excluding carboxylic acids is 5. The summed E-state index contributed by atoms with van der Waals surface area (Å²) in [6.07, 6.45) is -12.3. The molecule has 0 unspecified atom stereocenters. The van der Waals surface area contributed by atoms with Crippen LogP contribution in [0.2, 0.25) is 0 Å². The number of fused-ring (bicyclic) bond motifs is 5. The number of ether oxygens (including phenoxy) is 6. The van der Waals surface area contributed by atoms with Gasteiger partial charge in [-0.2, -0.15) is 0 Å². The van der Waals surface area contributed by atoms with Gasteiger partial charge in [0.1, 0.15) is 12.7 Å². The standard InChI is InChI=1S/C41H30O26/c42-15-1-10(2-16(43)26(15)50)36(57)64-33-23-9-62-39(60)13-7-21(48)29(53)31(55)24(13)25-14(8-22(49)30(54)32(25)56)40(61)65-34(33)35(66-37(58)11-3-17(44)27(51)18(45)4-11)41(63-23)67-38(59)12-5-19(46)28(52)20(47)6-12/h1-8,23,33-35,41-56H,9H2/t23-,33-,34+,35-,41+/m1/s1. The maximum absolute atomic E-state index is 14.6. The third-order valence-corrected chi connectivity index (χ3v) is 10.0. The van der Waals surface area contributed by atoms with Gasteiger partial charge < -0.3 is 105 Å². The molecular weight excluding hydrogens is 908 g/mol. The van der Waals surface area contributed by atoms with Crippen LogP contribution in [0.3, 0.4) is 0 Å². The molecule has 67 heavy (non-hydrogen) atoms. The number of phenolic OH excluding ortho intramolecular Hbond substituents is 15. The van der Waals surface area contributed by atoms with E-state index in [0.717, 1.165) is 0 Å². The molecular formula is C41H30O26. The lowest BCUT2D eigenvalue weighted by molar-refractivity contribution is -0.282. The maximum atomic E-state index is 14.6. The van der Waals surface area contributed by atoms with Crippen LogP contribution in [0.5, 0.6) is 86.2 Å². The minimum Gasteiger partial charge on any atom is -0.504 e. The highest BCUT2D eigenvalue weighted by molar-refractivity contribution is 6.08. The number of hydrogen-bond donors (Lipinski definition) is 15. The molecule has 0 aromatic heterocycles. The van der Waals surface area contributed by atoms with E-state index in [2.05, 4.69) is 0 Å². The first-order valence-corrected chi connectivity index (χ1v) is 18.5. The number of benzene rings is 5. The molecule has 0 radical (unpaired) electrons. The number of hydrogen-bond acceptors (Lipinski definition) is 26. The number of cyclic esters (lactones) is 1. The van der Waals surface area contributed by atoms with E-state index in [4.69, 9.17) is 28.4 Å². The summed E-state index contributed by atoms with van der Waals surface area (Å²) in [7, 11) is 0. The Morgan fingerprint density at radius 1 is 0.433 bits per heavy atom. The number of carbonyl (C=O) groups is 5. The highest BCUT2D eigenvalue weighted by atomic mass is 16.7. The molecule has 5 aromatic carbocycles. The van der Waals surface area contributed by atoms with Crippen LogP contribution in [0, 0.1) is 0 Å². The summed E-state index contributed by atoms with van der Waals surface area (Å²) in [5.74, 6) is -26.7. The lowest BCUT2D eigenvalue weighted by Crippen LogP contribution is -2.63. The van der Waals surface area contributed by atoms with E-state index < -0.39 is 192 Å². The second-order valence-electron chi connectivity index (χ2n) is 14.3. The summed E-state index contributed by atoms with van der Waals surface area (Å²) in [6, 6.07) is 4.12. The Balaban J connectivity index is 1.46. The van der Waals surface area contributed by atoms with Gasteiger partial charge in [-0.1, -0.05) is 0 Å². The Bertz CT molecular complexity index is 2870. The monoisotopic (exact) mass is 938 g/mol. The average molecular weight is 939 g/mol. The Kier molecular flexibility index (Phi) is 11.4. The molecule has 26 heteroatoms. The van der Waals surface area contributed by atoms with Gasteiger partial charge in [0.2, 0.25) is 23.9 Å². The minimum absolute atomic E-state index is 0.362. The molecule has 2 aliphatic rings. The maximum Gasteiger partial charge on any atom is 0.340 e. The van der Waals surface area contributed by atoms with Gasteiger partial charge >= 0.3 is 29.8 Å². The van der Waals surface area contributed by atoms with Gasteiger partial charge in [-0.05, 0) is 48.5 Å². The molecule has 5 atom stereocenters. The first-order chi connectivity index (χ1) is 31.5. The van der Waals surface area contributed by atoms with Gasteiger partial charge in [0.15, 0.2) is 87.0 Å². The van der Waals surface area contributed by atoms with E-state index in [1.54, 1.807) is 0 Å².